The summed E-state index contributed by atoms with van der Waals surface area (Å²) in [7, 11) is 0. The molecule has 1 heteroatoms. The van der Waals surface area contributed by atoms with Gasteiger partial charge in [0.15, 0.2) is 0 Å². The predicted molar refractivity (Wildman–Crippen MR) is 47.3 cm³/mol. The van der Waals surface area contributed by atoms with Gasteiger partial charge < -0.3 is 5.11 Å². The Balaban J connectivity index is 2.42. The first-order valence-corrected chi connectivity index (χ1v) is 4.30. The second-order valence-electron chi connectivity index (χ2n) is 3.17. The summed E-state index contributed by atoms with van der Waals surface area (Å²) in [4.78, 5) is 0. The molecule has 62 valence electrons. The monoisotopic (exact) mass is 152 g/mol. The van der Waals surface area contributed by atoms with Crippen LogP contribution in [0.2, 0.25) is 0 Å². The lowest BCUT2D eigenvalue weighted by Crippen LogP contribution is -1.98. The predicted octanol–water partition coefficient (Wildman–Crippen LogP) is 2.28. The average molecular weight is 152 g/mol. The molecule has 0 aliphatic heterocycles. The van der Waals surface area contributed by atoms with Gasteiger partial charge >= 0.3 is 0 Å². The average Bonchev–Trinajstić information content (AvgIpc) is 2.17. The van der Waals surface area contributed by atoms with Gasteiger partial charge in [-0.05, 0) is 31.6 Å². The van der Waals surface area contributed by atoms with Crippen molar-refractivity contribution >= 4 is 0 Å². The van der Waals surface area contributed by atoms with Crippen molar-refractivity contribution in [1.29, 1.82) is 0 Å². The summed E-state index contributed by atoms with van der Waals surface area (Å²) in [5, 5.41) is 9.26. The lowest BCUT2D eigenvalue weighted by Gasteiger charge is -2.05. The molecule has 0 spiro atoms. The van der Waals surface area contributed by atoms with E-state index in [4.69, 9.17) is 0 Å². The van der Waals surface area contributed by atoms with E-state index < -0.39 is 0 Å². The van der Waals surface area contributed by atoms with E-state index in [2.05, 4.69) is 12.7 Å². The highest BCUT2D eigenvalue weighted by Crippen LogP contribution is 2.20. The molecular formula is C10H16O. The molecule has 11 heavy (non-hydrogen) atoms. The van der Waals surface area contributed by atoms with Crippen LogP contribution in [0.25, 0.3) is 0 Å². The Morgan fingerprint density at radius 2 is 2.27 bits per heavy atom. The van der Waals surface area contributed by atoms with Gasteiger partial charge in [-0.1, -0.05) is 18.2 Å². The first-order valence-electron chi connectivity index (χ1n) is 4.30. The maximum absolute atomic E-state index is 9.26. The second-order valence-corrected chi connectivity index (χ2v) is 3.17. The topological polar surface area (TPSA) is 20.2 Å². The summed E-state index contributed by atoms with van der Waals surface area (Å²) >= 11 is 0. The van der Waals surface area contributed by atoms with Gasteiger partial charge in [-0.25, -0.2) is 0 Å². The molecule has 1 aliphatic rings. The molecule has 1 N–H and O–H groups in total. The van der Waals surface area contributed by atoms with Crippen molar-refractivity contribution in [1.82, 2.24) is 0 Å². The summed E-state index contributed by atoms with van der Waals surface area (Å²) in [5.74, 6) is 0.615. The Morgan fingerprint density at radius 1 is 1.45 bits per heavy atom. The van der Waals surface area contributed by atoms with Gasteiger partial charge in [0.05, 0.1) is 6.10 Å². The zero-order valence-electron chi connectivity index (χ0n) is 6.87. The van der Waals surface area contributed by atoms with Gasteiger partial charge in [0.2, 0.25) is 0 Å². The minimum Gasteiger partial charge on any atom is -0.389 e. The molecule has 0 saturated carbocycles. The van der Waals surface area contributed by atoms with Crippen LogP contribution in [0.3, 0.4) is 0 Å². The number of allylic oxidation sites excluding steroid dienone is 2. The van der Waals surface area contributed by atoms with Crippen molar-refractivity contribution in [2.24, 2.45) is 5.92 Å². The van der Waals surface area contributed by atoms with E-state index in [-0.39, 0.29) is 6.10 Å². The van der Waals surface area contributed by atoms with Crippen molar-refractivity contribution < 1.29 is 5.11 Å². The van der Waals surface area contributed by atoms with Gasteiger partial charge in [-0.3, -0.25) is 0 Å². The quantitative estimate of drug-likeness (QED) is 0.602. The van der Waals surface area contributed by atoms with Gasteiger partial charge in [0.1, 0.15) is 0 Å². The fraction of sp³-hybridized carbons (Fsp3) is 0.600. The van der Waals surface area contributed by atoms with Crippen LogP contribution >= 0.6 is 0 Å². The maximum Gasteiger partial charge on any atom is 0.0721 e. The minimum absolute atomic E-state index is 0.204. The molecule has 1 rings (SSSR count). The van der Waals surface area contributed by atoms with Crippen LogP contribution < -0.4 is 0 Å². The highest BCUT2D eigenvalue weighted by molar-refractivity contribution is 4.97. The first kappa shape index (κ1) is 8.54. The Labute approximate surface area is 68.4 Å². The SMILES string of the molecule is C=CCC1C=CC(O)CCC1. The van der Waals surface area contributed by atoms with Crippen LogP contribution in [0.4, 0.5) is 0 Å². The highest BCUT2D eigenvalue weighted by Gasteiger charge is 2.09. The fourth-order valence-electron chi connectivity index (χ4n) is 1.48. The van der Waals surface area contributed by atoms with Crippen molar-refractivity contribution in [3.05, 3.63) is 24.8 Å². The van der Waals surface area contributed by atoms with E-state index >= 15 is 0 Å². The van der Waals surface area contributed by atoms with Crippen molar-refractivity contribution in [3.8, 4) is 0 Å². The summed E-state index contributed by atoms with van der Waals surface area (Å²) in [6, 6.07) is 0. The Morgan fingerprint density at radius 3 is 3.00 bits per heavy atom. The van der Waals surface area contributed by atoms with Crippen molar-refractivity contribution in [2.45, 2.75) is 31.8 Å². The standard InChI is InChI=1S/C10H16O/c1-2-4-9-5-3-6-10(11)8-7-9/h2,7-11H,1,3-6H2. The second kappa shape index (κ2) is 4.35. The number of hydrogen-bond donors (Lipinski definition) is 1. The summed E-state index contributed by atoms with van der Waals surface area (Å²) in [6.07, 6.45) is 10.1. The third-order valence-electron chi connectivity index (χ3n) is 2.15. The van der Waals surface area contributed by atoms with Crippen LogP contribution in [-0.2, 0) is 0 Å². The summed E-state index contributed by atoms with van der Waals surface area (Å²) in [6.45, 7) is 3.71. The van der Waals surface area contributed by atoms with E-state index in [1.807, 2.05) is 12.2 Å². The molecule has 0 amide bonds. The molecule has 0 fully saturated rings. The first-order chi connectivity index (χ1) is 5.33. The number of aliphatic hydroxyl groups excluding tert-OH is 1. The molecule has 2 atom stereocenters. The number of rotatable bonds is 2. The van der Waals surface area contributed by atoms with E-state index in [9.17, 15) is 5.11 Å². The van der Waals surface area contributed by atoms with Gasteiger partial charge in [-0.2, -0.15) is 0 Å². The smallest absolute Gasteiger partial charge is 0.0721 e. The fourth-order valence-corrected chi connectivity index (χ4v) is 1.48. The van der Waals surface area contributed by atoms with Crippen LogP contribution in [-0.4, -0.2) is 11.2 Å². The molecule has 0 aromatic heterocycles. The van der Waals surface area contributed by atoms with Gasteiger partial charge in [0.25, 0.3) is 0 Å². The van der Waals surface area contributed by atoms with Crippen LogP contribution in [0.5, 0.6) is 0 Å². The maximum atomic E-state index is 9.26. The van der Waals surface area contributed by atoms with E-state index in [0.717, 1.165) is 19.3 Å². The van der Waals surface area contributed by atoms with Crippen molar-refractivity contribution in [2.75, 3.05) is 0 Å². The van der Waals surface area contributed by atoms with Gasteiger partial charge in [0, 0.05) is 0 Å². The Hall–Kier alpha value is -0.560. The summed E-state index contributed by atoms with van der Waals surface area (Å²) < 4.78 is 0. The Kier molecular flexibility index (Phi) is 3.37. The lowest BCUT2D eigenvalue weighted by atomic mass is 10.0. The normalized spacial score (nSPS) is 31.4. The largest absolute Gasteiger partial charge is 0.389 e. The lowest BCUT2D eigenvalue weighted by molar-refractivity contribution is 0.211. The zero-order chi connectivity index (χ0) is 8.10. The van der Waals surface area contributed by atoms with Gasteiger partial charge in [-0.15, -0.1) is 6.58 Å². The minimum atomic E-state index is -0.204. The molecule has 1 nitrogen and oxygen atoms in total. The molecular weight excluding hydrogens is 136 g/mol. The third kappa shape index (κ3) is 2.89. The van der Waals surface area contributed by atoms with E-state index in [1.165, 1.54) is 6.42 Å². The van der Waals surface area contributed by atoms with E-state index in [1.54, 1.807) is 0 Å². The van der Waals surface area contributed by atoms with E-state index in [0.29, 0.717) is 5.92 Å². The molecule has 0 radical (unpaired) electrons. The summed E-state index contributed by atoms with van der Waals surface area (Å²) in [5.41, 5.74) is 0. The molecule has 1 aliphatic carbocycles. The number of hydrogen-bond acceptors (Lipinski definition) is 1. The third-order valence-corrected chi connectivity index (χ3v) is 2.15. The zero-order valence-corrected chi connectivity index (χ0v) is 6.87. The molecule has 0 bridgehead atoms. The van der Waals surface area contributed by atoms with Crippen LogP contribution in [0.15, 0.2) is 24.8 Å². The van der Waals surface area contributed by atoms with Crippen molar-refractivity contribution in [3.63, 3.8) is 0 Å². The van der Waals surface area contributed by atoms with Crippen LogP contribution in [0.1, 0.15) is 25.7 Å². The molecule has 0 saturated heterocycles. The molecule has 0 aromatic rings. The Bertz CT molecular complexity index is 149. The van der Waals surface area contributed by atoms with Crippen LogP contribution in [0, 0.1) is 5.92 Å². The molecule has 0 aromatic carbocycles. The number of aliphatic hydroxyl groups is 1. The molecule has 0 heterocycles. The molecule has 2 unspecified atom stereocenters. The highest BCUT2D eigenvalue weighted by atomic mass is 16.3.